The van der Waals surface area contributed by atoms with Crippen LogP contribution in [0.25, 0.3) is 23.9 Å². The number of guanidine groups is 4. The first-order chi connectivity index (χ1) is 48.3. The van der Waals surface area contributed by atoms with Crippen molar-refractivity contribution in [1.82, 2.24) is 57.7 Å². The molecule has 0 saturated carbocycles. The monoisotopic (exact) mass is 1440 g/mol. The van der Waals surface area contributed by atoms with Crippen LogP contribution in [0.3, 0.4) is 0 Å². The number of primary amides is 1. The molecule has 2 rings (SSSR count). The predicted octanol–water partition coefficient (Wildman–Crippen LogP) is -5.05. The molecule has 36 nitrogen and oxygen atoms in total. The normalized spacial score (nSPS) is 13.4. The van der Waals surface area contributed by atoms with Gasteiger partial charge in [0.15, 0.2) is 23.8 Å². The second kappa shape index (κ2) is 48.2. The molecule has 0 bridgehead atoms. The molecule has 0 spiro atoms. The first-order valence-electron chi connectivity index (χ1n) is 35.1. The summed E-state index contributed by atoms with van der Waals surface area (Å²) in [4.78, 5) is 136. The van der Waals surface area contributed by atoms with Crippen molar-refractivity contribution in [2.24, 2.45) is 77.3 Å². The molecule has 32 N–H and O–H groups in total. The Bertz CT molecular complexity index is 3210. The van der Waals surface area contributed by atoms with E-state index in [0.717, 1.165) is 35.0 Å². The lowest BCUT2D eigenvalue weighted by molar-refractivity contribution is -0.134. The smallest absolute Gasteiger partial charge is 0.243 e. The molecular weight excluding hydrogens is 1320 g/mol. The van der Waals surface area contributed by atoms with Gasteiger partial charge in [-0.3, -0.25) is 67.7 Å². The molecule has 1 aromatic heterocycles. The maximum Gasteiger partial charge on any atom is 0.243 e. The van der Waals surface area contributed by atoms with E-state index in [1.165, 1.54) is 13.8 Å². The summed E-state index contributed by atoms with van der Waals surface area (Å²) in [5.41, 5.74) is 56.9. The summed E-state index contributed by atoms with van der Waals surface area (Å²) in [6.07, 6.45) is 9.06. The van der Waals surface area contributed by atoms with E-state index in [1.54, 1.807) is 6.92 Å². The van der Waals surface area contributed by atoms with E-state index in [2.05, 4.69) is 86.3 Å². The first kappa shape index (κ1) is 88.4. The summed E-state index contributed by atoms with van der Waals surface area (Å²) in [7, 11) is 0. The summed E-state index contributed by atoms with van der Waals surface area (Å²) in [6, 6.07) is -7.69. The van der Waals surface area contributed by atoms with Gasteiger partial charge in [0.2, 0.25) is 64.9 Å². The average molecular weight is 1440 g/mol. The number of aromatic hydroxyl groups is 2. The van der Waals surface area contributed by atoms with E-state index in [1.807, 2.05) is 13.8 Å². The number of carbonyl (C=O) groups excluding carboxylic acids is 9. The number of benzene rings is 1. The lowest BCUT2D eigenvalue weighted by atomic mass is 10.0. The molecule has 8 unspecified atom stereocenters. The average Bonchev–Trinajstić information content (AvgIpc) is 1.68. The minimum atomic E-state index is -1.24. The number of hydrogen-bond donors (Lipinski definition) is 22. The van der Waals surface area contributed by atoms with Gasteiger partial charge in [0, 0.05) is 58.3 Å². The van der Waals surface area contributed by atoms with Crippen molar-refractivity contribution >= 4 is 101 Å². The zero-order valence-electron chi connectivity index (χ0n) is 60.3. The number of aliphatic imine (C=N–C) groups is 4. The van der Waals surface area contributed by atoms with Crippen LogP contribution in [0, 0.1) is 13.8 Å². The van der Waals surface area contributed by atoms with E-state index >= 15 is 0 Å². The fourth-order valence-electron chi connectivity index (χ4n) is 10.9. The van der Waals surface area contributed by atoms with Crippen molar-refractivity contribution in [1.29, 1.82) is 0 Å². The number of hydrogen-bond acceptors (Lipinski definition) is 18. The number of unbranched alkanes of at least 4 members (excludes halogenated alkanes) is 7. The summed E-state index contributed by atoms with van der Waals surface area (Å²) in [5, 5.41) is 52.3. The summed E-state index contributed by atoms with van der Waals surface area (Å²) >= 11 is 0. The van der Waals surface area contributed by atoms with E-state index < -0.39 is 83.8 Å². The van der Waals surface area contributed by atoms with E-state index in [9.17, 15) is 53.4 Å². The van der Waals surface area contributed by atoms with E-state index in [4.69, 9.17) is 57.3 Å². The predicted molar refractivity (Wildman–Crippen MR) is 397 cm³/mol. The number of fused-ring (bicyclic) bond motifs is 1. The van der Waals surface area contributed by atoms with Crippen LogP contribution in [-0.2, 0) is 49.7 Å². The second-order valence-electron chi connectivity index (χ2n) is 25.5. The van der Waals surface area contributed by atoms with E-state index in [0.29, 0.717) is 131 Å². The second-order valence-corrected chi connectivity index (χ2v) is 25.5. The topological polar surface area (TPSA) is 629 Å². The fraction of sp³-hybridized carbons (Fsp3) is 0.652. The lowest BCUT2D eigenvalue weighted by Gasteiger charge is -2.26. The van der Waals surface area contributed by atoms with Crippen LogP contribution >= 0.6 is 0 Å². The molecule has 0 aliphatic carbocycles. The highest BCUT2D eigenvalue weighted by molar-refractivity contribution is 5.97. The van der Waals surface area contributed by atoms with Crippen molar-refractivity contribution in [2.75, 3.05) is 58.9 Å². The Morgan fingerprint density at radius 2 is 0.824 bits per heavy atom. The van der Waals surface area contributed by atoms with Gasteiger partial charge in [-0.05, 0) is 172 Å². The Kier molecular flexibility index (Phi) is 41.7. The minimum absolute atomic E-state index is 0.0117. The first-order valence-corrected chi connectivity index (χ1v) is 35.1. The standard InChI is InChI=1S/C66H119N25O11/c1-38(36-84-47(25-20-34-82-65(73)74)58(98)86-44(7)56(96)90-49(26-21-35-83-66(75)76)60(100)87-43(6)55(95)89-45(54(68)94)22-12-14-28-67)85-59(99)48(23-13-18-32-80-63(69)70)88-50(92)27-11-10-17-31-79-57(97)46(24-19-33-81-64(71)72)77-29-15-8-9-16-30-78-51(93)37-91-61(101)52-41(4)39(2)40(3)42(5)53(52)62(91)102/h38,43-49,77,84,101-102H,4-5,8-37,67H2,1-3,6-7H3,(H2,68,94)(H,78,93)(H,79,97)(H,85,99)(H,86,98)(H,87,100)(H,88,92)(H,89,95)(H,90,96)(H4,69,70,80)(H4,71,72,81)(H4,73,74,82)(H4,75,76,83). The molecule has 574 valence electrons. The zero-order chi connectivity index (χ0) is 76.4. The Hall–Kier alpha value is -9.71. The Morgan fingerprint density at radius 1 is 0.422 bits per heavy atom. The highest BCUT2D eigenvalue weighted by Crippen LogP contribution is 2.32. The van der Waals surface area contributed by atoms with Gasteiger partial charge in [-0.1, -0.05) is 32.4 Å². The van der Waals surface area contributed by atoms with Gasteiger partial charge < -0.3 is 121 Å². The molecule has 0 aliphatic rings. The number of aromatic nitrogens is 1. The fourth-order valence-corrected chi connectivity index (χ4v) is 10.9. The highest BCUT2D eigenvalue weighted by atomic mass is 16.3. The van der Waals surface area contributed by atoms with Crippen LogP contribution in [0.4, 0.5) is 0 Å². The van der Waals surface area contributed by atoms with Crippen LogP contribution in [-0.4, -0.2) is 199 Å². The molecule has 0 saturated heterocycles. The number of rotatable bonds is 53. The number of nitrogens with zero attached hydrogens (tertiary/aromatic N) is 5. The minimum Gasteiger partial charge on any atom is -0.494 e. The van der Waals surface area contributed by atoms with Crippen molar-refractivity contribution < 1.29 is 53.4 Å². The van der Waals surface area contributed by atoms with Crippen molar-refractivity contribution in [2.45, 2.75) is 218 Å². The quantitative estimate of drug-likeness (QED) is 0.0167. The van der Waals surface area contributed by atoms with Crippen molar-refractivity contribution in [3.63, 3.8) is 0 Å². The van der Waals surface area contributed by atoms with Crippen LogP contribution in [0.15, 0.2) is 20.0 Å². The lowest BCUT2D eigenvalue weighted by Crippen LogP contribution is -2.58. The van der Waals surface area contributed by atoms with Gasteiger partial charge in [-0.25, -0.2) is 0 Å². The Balaban J connectivity index is 2.02. The molecule has 8 atom stereocenters. The molecule has 1 heterocycles. The van der Waals surface area contributed by atoms with Crippen LogP contribution in [0.5, 0.6) is 11.8 Å². The number of amides is 9. The van der Waals surface area contributed by atoms with Gasteiger partial charge in [-0.2, -0.15) is 0 Å². The molecule has 0 radical (unpaired) electrons. The number of nitrogens with two attached hydrogens (primary N) is 10. The van der Waals surface area contributed by atoms with Gasteiger partial charge in [0.05, 0.1) is 22.9 Å². The van der Waals surface area contributed by atoms with Gasteiger partial charge in [-0.15, -0.1) is 0 Å². The molecule has 102 heavy (non-hydrogen) atoms. The molecule has 1 aromatic carbocycles. The molecule has 0 fully saturated rings. The maximum absolute atomic E-state index is 14.0. The van der Waals surface area contributed by atoms with Crippen molar-refractivity contribution in [3.8, 4) is 11.8 Å². The van der Waals surface area contributed by atoms with Crippen LogP contribution < -0.4 is 121 Å². The molecule has 2 aromatic rings. The van der Waals surface area contributed by atoms with E-state index in [-0.39, 0.29) is 118 Å². The molecule has 0 aliphatic heterocycles. The summed E-state index contributed by atoms with van der Waals surface area (Å²) < 4.78 is 1.15. The number of carbonyl (C=O) groups is 9. The van der Waals surface area contributed by atoms with Gasteiger partial charge >= 0.3 is 0 Å². The molecular formula is C66H119N25O11. The van der Waals surface area contributed by atoms with Crippen LogP contribution in [0.2, 0.25) is 0 Å². The van der Waals surface area contributed by atoms with Gasteiger partial charge in [0.1, 0.15) is 36.8 Å². The third kappa shape index (κ3) is 34.1. The third-order valence-corrected chi connectivity index (χ3v) is 16.9. The number of nitrogens with one attached hydrogen (secondary N) is 10. The Morgan fingerprint density at radius 3 is 1.32 bits per heavy atom. The largest absolute Gasteiger partial charge is 0.494 e. The van der Waals surface area contributed by atoms with Crippen molar-refractivity contribution in [3.05, 3.63) is 21.6 Å². The van der Waals surface area contributed by atoms with Gasteiger partial charge in [0.25, 0.3) is 0 Å². The molecule has 9 amide bonds. The Labute approximate surface area is 597 Å². The summed E-state index contributed by atoms with van der Waals surface area (Å²) in [5.74, 6) is -5.96. The highest BCUT2D eigenvalue weighted by Gasteiger charge is 2.31. The maximum atomic E-state index is 14.0. The molecule has 36 heteroatoms. The zero-order valence-corrected chi connectivity index (χ0v) is 60.3. The summed E-state index contributed by atoms with van der Waals surface area (Å²) in [6.45, 7) is 18.7. The third-order valence-electron chi connectivity index (χ3n) is 16.9. The van der Waals surface area contributed by atoms with Crippen LogP contribution in [0.1, 0.15) is 160 Å². The SMILES string of the molecule is C=c1c(C)c(C)c(=C)c2c(O)n(CC(=O)NCCCCCCNC(CCCN=C(N)N)C(=O)NCCCCCC(=O)NC(CCCCN=C(N)N)C(=O)NC(C)CNC(CCCN=C(N)N)C(=O)NC(C)C(=O)NC(CCCN=C(N)N)C(=O)NC(C)C(=O)NC(CCCCN)C(N)=O)c(O)c12.